The number of carbonyl (C=O) groups is 2. The maximum Gasteiger partial charge on any atom is 0.409 e. The topological polar surface area (TPSA) is 81.0 Å². The van der Waals surface area contributed by atoms with E-state index in [-0.39, 0.29) is 43.3 Å². The Morgan fingerprint density at radius 3 is 1.85 bits per heavy atom. The van der Waals surface area contributed by atoms with Gasteiger partial charge in [0.15, 0.2) is 12.7 Å². The molecule has 0 saturated heterocycles. The minimum Gasteiger partial charge on any atom is -1.00 e. The summed E-state index contributed by atoms with van der Waals surface area (Å²) in [6.07, 6.45) is 22.3. The molecule has 0 radical (unpaired) electrons. The molecule has 0 aliphatic rings. The molecule has 0 aliphatic heterocycles. The summed E-state index contributed by atoms with van der Waals surface area (Å²) < 4.78 is 18.2. The number of unbranched alkanes of at least 4 members (excludes halogenated alkanes) is 15. The molecule has 0 spiro atoms. The largest absolute Gasteiger partial charge is 1.00 e. The predicted molar refractivity (Wildman–Crippen MR) is 163 cm³/mol. The van der Waals surface area contributed by atoms with Gasteiger partial charge in [0, 0.05) is 20.7 Å². The SMILES string of the molecule is CCCCCCCCCCCCCCCCCCN(C)C(=O)OCC(C)(COC(=O)NCC[n+]1ccsc1)OC.[I-]. The van der Waals surface area contributed by atoms with Crippen molar-refractivity contribution in [2.75, 3.05) is 40.5 Å². The van der Waals surface area contributed by atoms with Crippen molar-refractivity contribution in [2.24, 2.45) is 0 Å². The predicted octanol–water partition coefficient (Wildman–Crippen LogP) is 4.50. The number of carbonyl (C=O) groups excluding carboxylic acids is 2. The van der Waals surface area contributed by atoms with Crippen molar-refractivity contribution in [3.63, 3.8) is 0 Å². The van der Waals surface area contributed by atoms with Crippen molar-refractivity contribution in [3.05, 3.63) is 17.1 Å². The number of nitrogens with zero attached hydrogens (tertiary/aromatic N) is 2. The van der Waals surface area contributed by atoms with Crippen LogP contribution in [-0.4, -0.2) is 63.1 Å². The highest BCUT2D eigenvalue weighted by molar-refractivity contribution is 7.07. The van der Waals surface area contributed by atoms with Crippen molar-refractivity contribution in [3.8, 4) is 0 Å². The number of methoxy groups -OCH3 is 1. The van der Waals surface area contributed by atoms with Crippen LogP contribution in [0, 0.1) is 0 Å². The maximum absolute atomic E-state index is 12.4. The number of alkyl carbamates (subject to hydrolysis) is 1. The van der Waals surface area contributed by atoms with E-state index in [0.29, 0.717) is 19.6 Å². The van der Waals surface area contributed by atoms with Crippen LogP contribution in [0.5, 0.6) is 0 Å². The van der Waals surface area contributed by atoms with E-state index in [2.05, 4.69) is 12.2 Å². The second-order valence-electron chi connectivity index (χ2n) is 11.2. The standard InChI is InChI=1S/C31H57N3O5S.HI/c1-5-6-7-8-9-10-11-12-13-14-15-16-17-18-19-20-22-33(3)30(36)39-27-31(2,37-4)26-38-29(35)32-21-23-34-24-25-40-28-34;/h24-25,28H,5-23,26-27H2,1-4H3;1H. The molecule has 0 bridgehead atoms. The Morgan fingerprint density at radius 2 is 1.37 bits per heavy atom. The number of halogens is 1. The van der Waals surface area contributed by atoms with E-state index in [1.54, 1.807) is 30.2 Å². The van der Waals surface area contributed by atoms with Gasteiger partial charge in [-0.1, -0.05) is 115 Å². The Bertz CT molecular complexity index is 756. The van der Waals surface area contributed by atoms with Gasteiger partial charge in [-0.3, -0.25) is 0 Å². The fourth-order valence-corrected chi connectivity index (χ4v) is 5.05. The molecule has 0 aromatic carbocycles. The van der Waals surface area contributed by atoms with Crippen molar-refractivity contribution in [1.29, 1.82) is 0 Å². The van der Waals surface area contributed by atoms with E-state index >= 15 is 0 Å². The molecule has 0 fully saturated rings. The summed E-state index contributed by atoms with van der Waals surface area (Å²) in [5.74, 6) is 0. The van der Waals surface area contributed by atoms with Gasteiger partial charge in [-0.25, -0.2) is 9.59 Å². The Kier molecular flexibility index (Phi) is 25.7. The van der Waals surface area contributed by atoms with Gasteiger partial charge in [-0.2, -0.15) is 4.57 Å². The third kappa shape index (κ3) is 22.1. The molecule has 1 aromatic heterocycles. The zero-order chi connectivity index (χ0) is 29.3. The van der Waals surface area contributed by atoms with E-state index in [0.717, 1.165) is 12.8 Å². The Balaban J connectivity index is 0.0000160. The lowest BCUT2D eigenvalue weighted by molar-refractivity contribution is -0.690. The van der Waals surface area contributed by atoms with Gasteiger partial charge >= 0.3 is 12.2 Å². The molecule has 1 aromatic rings. The zero-order valence-electron chi connectivity index (χ0n) is 26.3. The number of nitrogens with one attached hydrogen (secondary N) is 1. The van der Waals surface area contributed by atoms with Crippen LogP contribution >= 0.6 is 11.3 Å². The summed E-state index contributed by atoms with van der Waals surface area (Å²) in [7, 11) is 3.27. The number of ether oxygens (including phenoxy) is 3. The smallest absolute Gasteiger partial charge is 0.409 e. The molecule has 8 nitrogen and oxygen atoms in total. The quantitative estimate of drug-likeness (QED) is 0.0919. The first-order valence-electron chi connectivity index (χ1n) is 15.6. The van der Waals surface area contributed by atoms with Crippen molar-refractivity contribution in [2.45, 2.75) is 129 Å². The first-order chi connectivity index (χ1) is 19.4. The fraction of sp³-hybridized carbons (Fsp3) is 0.839. The summed E-state index contributed by atoms with van der Waals surface area (Å²) in [4.78, 5) is 26.0. The van der Waals surface area contributed by atoms with E-state index in [9.17, 15) is 9.59 Å². The van der Waals surface area contributed by atoms with E-state index < -0.39 is 11.7 Å². The Labute approximate surface area is 271 Å². The van der Waals surface area contributed by atoms with Gasteiger partial charge in [-0.05, 0) is 13.3 Å². The second-order valence-corrected chi connectivity index (χ2v) is 12.0. The van der Waals surface area contributed by atoms with Gasteiger partial charge in [0.1, 0.15) is 18.8 Å². The molecule has 240 valence electrons. The molecule has 1 heterocycles. The highest BCUT2D eigenvalue weighted by Gasteiger charge is 2.29. The van der Waals surface area contributed by atoms with Crippen LogP contribution in [-0.2, 0) is 20.8 Å². The minimum absolute atomic E-state index is 0. The van der Waals surface area contributed by atoms with Crippen molar-refractivity contribution in [1.82, 2.24) is 10.2 Å². The molecule has 1 N–H and O–H groups in total. The summed E-state index contributed by atoms with van der Waals surface area (Å²) in [6.45, 7) is 5.82. The third-order valence-corrected chi connectivity index (χ3v) is 8.00. The number of rotatable bonds is 25. The molecule has 2 amide bonds. The van der Waals surface area contributed by atoms with Gasteiger partial charge in [-0.15, -0.1) is 0 Å². The minimum atomic E-state index is -0.913. The second kappa shape index (κ2) is 26.5. The van der Waals surface area contributed by atoms with Gasteiger partial charge in [0.25, 0.3) is 0 Å². The lowest BCUT2D eigenvalue weighted by Crippen LogP contribution is -3.00. The van der Waals surface area contributed by atoms with Gasteiger partial charge < -0.3 is 48.4 Å². The summed E-state index contributed by atoms with van der Waals surface area (Å²) in [6, 6.07) is 0. The van der Waals surface area contributed by atoms with Crippen LogP contribution in [0.2, 0.25) is 0 Å². The summed E-state index contributed by atoms with van der Waals surface area (Å²) >= 11 is 1.60. The number of amides is 2. The maximum atomic E-state index is 12.4. The van der Waals surface area contributed by atoms with E-state index in [1.165, 1.54) is 97.0 Å². The van der Waals surface area contributed by atoms with Crippen LogP contribution < -0.4 is 33.9 Å². The molecule has 41 heavy (non-hydrogen) atoms. The van der Waals surface area contributed by atoms with E-state index in [1.807, 2.05) is 21.7 Å². The first kappa shape index (κ1) is 39.9. The van der Waals surface area contributed by atoms with Crippen LogP contribution in [0.25, 0.3) is 0 Å². The molecule has 0 saturated carbocycles. The van der Waals surface area contributed by atoms with Crippen molar-refractivity contribution < 1.29 is 52.3 Å². The van der Waals surface area contributed by atoms with Crippen LogP contribution in [0.1, 0.15) is 117 Å². The average molecular weight is 712 g/mol. The molecule has 0 aliphatic carbocycles. The molecule has 1 rings (SSSR count). The summed E-state index contributed by atoms with van der Waals surface area (Å²) in [5, 5.41) is 4.69. The highest BCUT2D eigenvalue weighted by Crippen LogP contribution is 2.15. The third-order valence-electron chi connectivity index (χ3n) is 7.33. The highest BCUT2D eigenvalue weighted by atomic mass is 127. The van der Waals surface area contributed by atoms with Crippen molar-refractivity contribution >= 4 is 23.5 Å². The molecule has 10 heteroatoms. The lowest BCUT2D eigenvalue weighted by atomic mass is 10.0. The molecule has 1 atom stereocenters. The van der Waals surface area contributed by atoms with Crippen LogP contribution in [0.15, 0.2) is 17.1 Å². The van der Waals surface area contributed by atoms with Crippen LogP contribution in [0.3, 0.4) is 0 Å². The fourth-order valence-electron chi connectivity index (χ4n) is 4.42. The van der Waals surface area contributed by atoms with Gasteiger partial charge in [0.05, 0.1) is 11.9 Å². The number of hydrogen-bond donors (Lipinski definition) is 1. The lowest BCUT2D eigenvalue weighted by Gasteiger charge is -2.28. The molecule has 1 unspecified atom stereocenters. The average Bonchev–Trinajstić information content (AvgIpc) is 3.48. The normalized spacial score (nSPS) is 12.3. The van der Waals surface area contributed by atoms with E-state index in [4.69, 9.17) is 14.2 Å². The van der Waals surface area contributed by atoms with Gasteiger partial charge in [0.2, 0.25) is 5.51 Å². The van der Waals surface area contributed by atoms with Crippen LogP contribution in [0.4, 0.5) is 9.59 Å². The first-order valence-corrected chi connectivity index (χ1v) is 16.6. The number of aromatic nitrogens is 1. The number of hydrogen-bond acceptors (Lipinski definition) is 6. The monoisotopic (exact) mass is 711 g/mol. The Morgan fingerprint density at radius 1 is 0.854 bits per heavy atom. The number of thiazole rings is 1. The Hall–Kier alpha value is -1.14. The molecular weight excluding hydrogens is 653 g/mol. The molecular formula is C31H58IN3O5S. The zero-order valence-corrected chi connectivity index (χ0v) is 29.3. The summed E-state index contributed by atoms with van der Waals surface area (Å²) in [5.41, 5.74) is 1.06.